The maximum Gasteiger partial charge on any atom is 0.192 e. The van der Waals surface area contributed by atoms with Gasteiger partial charge in [-0.2, -0.15) is 0 Å². The quantitative estimate of drug-likeness (QED) is 0.802. The van der Waals surface area contributed by atoms with Gasteiger partial charge in [0.25, 0.3) is 0 Å². The van der Waals surface area contributed by atoms with Crippen LogP contribution in [0.1, 0.15) is 26.3 Å². The molecule has 5 heteroatoms. The van der Waals surface area contributed by atoms with Gasteiger partial charge in [0.05, 0.1) is 6.61 Å². The van der Waals surface area contributed by atoms with E-state index in [4.69, 9.17) is 10.2 Å². The molecule has 2 aromatic rings. The Labute approximate surface area is 138 Å². The zero-order valence-electron chi connectivity index (χ0n) is 14.5. The SMILES string of the molecule is CC(C)(C)[Si](C)(C)OCc1ccc(F)cc1-c1ccnc(N)c1. The number of hydrogen-bond donors (Lipinski definition) is 1. The Hall–Kier alpha value is -1.72. The van der Waals surface area contributed by atoms with E-state index < -0.39 is 8.32 Å². The summed E-state index contributed by atoms with van der Waals surface area (Å²) < 4.78 is 20.0. The number of halogens is 1. The lowest BCUT2D eigenvalue weighted by Crippen LogP contribution is -2.40. The number of nitrogens with two attached hydrogens (primary N) is 1. The van der Waals surface area contributed by atoms with Crippen molar-refractivity contribution >= 4 is 14.1 Å². The molecule has 23 heavy (non-hydrogen) atoms. The smallest absolute Gasteiger partial charge is 0.192 e. The first-order chi connectivity index (χ1) is 10.6. The van der Waals surface area contributed by atoms with Crippen molar-refractivity contribution in [2.45, 2.75) is 45.5 Å². The van der Waals surface area contributed by atoms with E-state index in [1.165, 1.54) is 12.1 Å². The molecule has 1 heterocycles. The van der Waals surface area contributed by atoms with Crippen molar-refractivity contribution in [1.82, 2.24) is 4.98 Å². The van der Waals surface area contributed by atoms with Gasteiger partial charge in [0, 0.05) is 6.20 Å². The molecule has 2 N–H and O–H groups in total. The van der Waals surface area contributed by atoms with E-state index in [2.05, 4.69) is 38.8 Å². The summed E-state index contributed by atoms with van der Waals surface area (Å²) in [6.45, 7) is 11.5. The van der Waals surface area contributed by atoms with Crippen LogP contribution in [-0.4, -0.2) is 13.3 Å². The average Bonchev–Trinajstić information content (AvgIpc) is 2.44. The van der Waals surface area contributed by atoms with Gasteiger partial charge in [-0.1, -0.05) is 26.8 Å². The molecule has 1 aromatic heterocycles. The van der Waals surface area contributed by atoms with Crippen LogP contribution < -0.4 is 5.73 Å². The summed E-state index contributed by atoms with van der Waals surface area (Å²) >= 11 is 0. The monoisotopic (exact) mass is 332 g/mol. The molecule has 0 bridgehead atoms. The van der Waals surface area contributed by atoms with E-state index in [0.29, 0.717) is 12.4 Å². The van der Waals surface area contributed by atoms with Gasteiger partial charge in [-0.05, 0) is 59.1 Å². The number of aromatic nitrogens is 1. The molecule has 0 unspecified atom stereocenters. The van der Waals surface area contributed by atoms with Gasteiger partial charge in [-0.25, -0.2) is 9.37 Å². The fraction of sp³-hybridized carbons (Fsp3) is 0.389. The lowest BCUT2D eigenvalue weighted by atomic mass is 10.0. The van der Waals surface area contributed by atoms with Crippen molar-refractivity contribution in [2.24, 2.45) is 0 Å². The molecule has 124 valence electrons. The minimum atomic E-state index is -1.87. The second-order valence-electron chi connectivity index (χ2n) is 7.32. The predicted molar refractivity (Wildman–Crippen MR) is 96.0 cm³/mol. The first kappa shape index (κ1) is 17.6. The summed E-state index contributed by atoms with van der Waals surface area (Å²) in [5.41, 5.74) is 8.37. The maximum absolute atomic E-state index is 13.7. The summed E-state index contributed by atoms with van der Waals surface area (Å²) in [5.74, 6) is 0.148. The largest absolute Gasteiger partial charge is 0.413 e. The summed E-state index contributed by atoms with van der Waals surface area (Å²) in [4.78, 5) is 3.99. The number of pyridine rings is 1. The minimum Gasteiger partial charge on any atom is -0.413 e. The van der Waals surface area contributed by atoms with Crippen LogP contribution in [0.4, 0.5) is 10.2 Å². The number of benzene rings is 1. The molecule has 0 spiro atoms. The molecule has 0 amide bonds. The summed E-state index contributed by atoms with van der Waals surface area (Å²) in [6, 6.07) is 8.37. The molecule has 0 saturated carbocycles. The highest BCUT2D eigenvalue weighted by Crippen LogP contribution is 2.37. The van der Waals surface area contributed by atoms with E-state index in [1.807, 2.05) is 6.07 Å². The highest BCUT2D eigenvalue weighted by atomic mass is 28.4. The Morgan fingerprint density at radius 1 is 1.17 bits per heavy atom. The molecule has 0 saturated heterocycles. The van der Waals surface area contributed by atoms with Crippen LogP contribution in [0.25, 0.3) is 11.1 Å². The van der Waals surface area contributed by atoms with Gasteiger partial charge in [0.2, 0.25) is 0 Å². The van der Waals surface area contributed by atoms with E-state index in [9.17, 15) is 4.39 Å². The lowest BCUT2D eigenvalue weighted by molar-refractivity contribution is 0.276. The Morgan fingerprint density at radius 2 is 1.87 bits per heavy atom. The minimum absolute atomic E-state index is 0.133. The molecule has 3 nitrogen and oxygen atoms in total. The standard InChI is InChI=1S/C18H25FN2OSi/c1-18(2,3)23(4,5)22-12-14-6-7-15(19)11-16(14)13-8-9-21-17(20)10-13/h6-11H,12H2,1-5H3,(H2,20,21). The van der Waals surface area contributed by atoms with E-state index in [-0.39, 0.29) is 10.9 Å². The van der Waals surface area contributed by atoms with Crippen LogP contribution in [0.3, 0.4) is 0 Å². The van der Waals surface area contributed by atoms with Crippen molar-refractivity contribution < 1.29 is 8.82 Å². The molecule has 0 radical (unpaired) electrons. The Bertz CT molecular complexity index is 696. The Morgan fingerprint density at radius 3 is 2.48 bits per heavy atom. The zero-order chi connectivity index (χ0) is 17.3. The van der Waals surface area contributed by atoms with Crippen LogP contribution in [-0.2, 0) is 11.0 Å². The van der Waals surface area contributed by atoms with Crippen LogP contribution >= 0.6 is 0 Å². The number of anilines is 1. The highest BCUT2D eigenvalue weighted by molar-refractivity contribution is 6.74. The molecule has 0 aliphatic carbocycles. The molecule has 1 aromatic carbocycles. The van der Waals surface area contributed by atoms with E-state index >= 15 is 0 Å². The van der Waals surface area contributed by atoms with Crippen molar-refractivity contribution in [3.63, 3.8) is 0 Å². The van der Waals surface area contributed by atoms with Crippen molar-refractivity contribution in [1.29, 1.82) is 0 Å². The van der Waals surface area contributed by atoms with Gasteiger partial charge in [-0.3, -0.25) is 0 Å². The topological polar surface area (TPSA) is 48.1 Å². The molecule has 0 aliphatic rings. The number of nitrogen functional groups attached to an aromatic ring is 1. The third-order valence-electron chi connectivity index (χ3n) is 4.56. The van der Waals surface area contributed by atoms with Crippen LogP contribution in [0, 0.1) is 5.82 Å². The maximum atomic E-state index is 13.7. The summed E-state index contributed by atoms with van der Waals surface area (Å²) in [7, 11) is -1.87. The predicted octanol–water partition coefficient (Wildman–Crippen LogP) is 4.99. The van der Waals surface area contributed by atoms with Crippen LogP contribution in [0.15, 0.2) is 36.5 Å². The second-order valence-corrected chi connectivity index (χ2v) is 12.1. The molecular weight excluding hydrogens is 307 g/mol. The van der Waals surface area contributed by atoms with E-state index in [1.54, 1.807) is 18.3 Å². The third kappa shape index (κ3) is 4.18. The van der Waals surface area contributed by atoms with Gasteiger partial charge in [-0.15, -0.1) is 0 Å². The fourth-order valence-corrected chi connectivity index (χ4v) is 2.98. The zero-order valence-corrected chi connectivity index (χ0v) is 15.5. The first-order valence-electron chi connectivity index (χ1n) is 7.74. The van der Waals surface area contributed by atoms with Crippen molar-refractivity contribution in [3.8, 4) is 11.1 Å². The second kappa shape index (κ2) is 6.41. The highest BCUT2D eigenvalue weighted by Gasteiger charge is 2.37. The summed E-state index contributed by atoms with van der Waals surface area (Å²) in [6.07, 6.45) is 1.63. The Balaban J connectivity index is 2.33. The molecular formula is C18H25FN2OSi. The number of hydrogen-bond acceptors (Lipinski definition) is 3. The van der Waals surface area contributed by atoms with Gasteiger partial charge >= 0.3 is 0 Å². The average molecular weight is 332 g/mol. The van der Waals surface area contributed by atoms with Gasteiger partial charge in [0.1, 0.15) is 11.6 Å². The first-order valence-corrected chi connectivity index (χ1v) is 10.7. The van der Waals surface area contributed by atoms with Crippen LogP contribution in [0.5, 0.6) is 0 Å². The van der Waals surface area contributed by atoms with E-state index in [0.717, 1.165) is 16.7 Å². The van der Waals surface area contributed by atoms with Crippen molar-refractivity contribution in [3.05, 3.63) is 47.9 Å². The Kier molecular flexibility index (Phi) is 4.92. The third-order valence-corrected chi connectivity index (χ3v) is 9.04. The number of rotatable bonds is 4. The lowest BCUT2D eigenvalue weighted by Gasteiger charge is -2.36. The molecule has 0 fully saturated rings. The molecule has 0 atom stereocenters. The normalized spacial score (nSPS) is 12.4. The van der Waals surface area contributed by atoms with Crippen molar-refractivity contribution in [2.75, 3.05) is 5.73 Å². The molecule has 0 aliphatic heterocycles. The van der Waals surface area contributed by atoms with Crippen LogP contribution in [0.2, 0.25) is 18.1 Å². The molecule has 2 rings (SSSR count). The van der Waals surface area contributed by atoms with Gasteiger partial charge in [0.15, 0.2) is 8.32 Å². The summed E-state index contributed by atoms with van der Waals surface area (Å²) in [5, 5.41) is 0.133. The van der Waals surface area contributed by atoms with Gasteiger partial charge < -0.3 is 10.2 Å². The fourth-order valence-electron chi connectivity index (χ4n) is 2.03. The number of nitrogens with zero attached hydrogens (tertiary/aromatic N) is 1.